The Labute approximate surface area is 125 Å². The maximum atomic E-state index is 12.4. The van der Waals surface area contributed by atoms with Crippen molar-refractivity contribution < 1.29 is 13.5 Å². The van der Waals surface area contributed by atoms with Gasteiger partial charge in [-0.2, -0.15) is 0 Å². The number of benzene rings is 1. The van der Waals surface area contributed by atoms with Gasteiger partial charge in [-0.25, -0.2) is 13.1 Å². The van der Waals surface area contributed by atoms with Crippen LogP contribution in [0.2, 0.25) is 0 Å². The van der Waals surface area contributed by atoms with E-state index in [1.807, 2.05) is 6.07 Å². The van der Waals surface area contributed by atoms with Crippen LogP contribution in [-0.2, 0) is 10.0 Å². The first-order chi connectivity index (χ1) is 10.1. The number of nitrogens with one attached hydrogen (secondary N) is 2. The monoisotopic (exact) mass is 310 g/mol. The Bertz CT molecular complexity index is 599. The molecule has 0 amide bonds. The molecule has 0 aromatic heterocycles. The van der Waals surface area contributed by atoms with E-state index in [4.69, 9.17) is 0 Å². The van der Waals surface area contributed by atoms with Crippen molar-refractivity contribution in [3.8, 4) is 0 Å². The summed E-state index contributed by atoms with van der Waals surface area (Å²) in [4.78, 5) is 0.273. The molecule has 6 heteroatoms. The van der Waals surface area contributed by atoms with Crippen molar-refractivity contribution in [1.82, 2.24) is 4.72 Å². The predicted molar refractivity (Wildman–Crippen MR) is 81.7 cm³/mol. The minimum absolute atomic E-state index is 0.0731. The highest BCUT2D eigenvalue weighted by Gasteiger charge is 2.30. The Hall–Kier alpha value is -1.11. The number of sulfonamides is 1. The van der Waals surface area contributed by atoms with E-state index in [0.717, 1.165) is 38.5 Å². The maximum absolute atomic E-state index is 12.4. The van der Waals surface area contributed by atoms with Crippen LogP contribution < -0.4 is 10.0 Å². The van der Waals surface area contributed by atoms with Gasteiger partial charge in [-0.15, -0.1) is 0 Å². The number of aliphatic hydroxyl groups excluding tert-OH is 1. The van der Waals surface area contributed by atoms with Crippen molar-refractivity contribution >= 4 is 15.7 Å². The van der Waals surface area contributed by atoms with Crippen molar-refractivity contribution in [3.05, 3.63) is 24.3 Å². The predicted octanol–water partition coefficient (Wildman–Crippen LogP) is 1.84. The van der Waals surface area contributed by atoms with Gasteiger partial charge in [0.15, 0.2) is 0 Å². The van der Waals surface area contributed by atoms with Crippen molar-refractivity contribution in [2.75, 3.05) is 5.32 Å². The van der Waals surface area contributed by atoms with E-state index in [2.05, 4.69) is 10.0 Å². The van der Waals surface area contributed by atoms with E-state index in [1.54, 1.807) is 18.2 Å². The van der Waals surface area contributed by atoms with Crippen LogP contribution in [0.5, 0.6) is 0 Å². The summed E-state index contributed by atoms with van der Waals surface area (Å²) in [5.74, 6) is 0. The fraction of sp³-hybridized carbons (Fsp3) is 0.600. The molecule has 2 atom stereocenters. The SMILES string of the molecule is O=S(=O)(NC1CC1)c1ccccc1NC1CCCCC1O. The Morgan fingerprint density at radius 2 is 1.76 bits per heavy atom. The topological polar surface area (TPSA) is 78.4 Å². The summed E-state index contributed by atoms with van der Waals surface area (Å²) in [6.45, 7) is 0. The minimum atomic E-state index is -3.49. The van der Waals surface area contributed by atoms with Gasteiger partial charge in [0.25, 0.3) is 0 Å². The zero-order valence-electron chi connectivity index (χ0n) is 12.0. The van der Waals surface area contributed by atoms with Crippen molar-refractivity contribution in [2.24, 2.45) is 0 Å². The Morgan fingerprint density at radius 3 is 2.48 bits per heavy atom. The second-order valence-corrected chi connectivity index (χ2v) is 7.68. The van der Waals surface area contributed by atoms with Gasteiger partial charge in [0, 0.05) is 6.04 Å². The van der Waals surface area contributed by atoms with Crippen LogP contribution in [0, 0.1) is 0 Å². The summed E-state index contributed by atoms with van der Waals surface area (Å²) >= 11 is 0. The average Bonchev–Trinajstić information content (AvgIpc) is 3.25. The van der Waals surface area contributed by atoms with E-state index >= 15 is 0 Å². The Kier molecular flexibility index (Phi) is 4.19. The molecule has 2 saturated carbocycles. The first kappa shape index (κ1) is 14.8. The molecule has 5 nitrogen and oxygen atoms in total. The molecule has 0 heterocycles. The van der Waals surface area contributed by atoms with Gasteiger partial charge >= 0.3 is 0 Å². The third-order valence-corrected chi connectivity index (χ3v) is 5.72. The van der Waals surface area contributed by atoms with Crippen LogP contribution in [0.3, 0.4) is 0 Å². The number of hydrogen-bond acceptors (Lipinski definition) is 4. The number of rotatable bonds is 5. The summed E-state index contributed by atoms with van der Waals surface area (Å²) in [7, 11) is -3.49. The third-order valence-electron chi connectivity index (χ3n) is 4.15. The largest absolute Gasteiger partial charge is 0.391 e. The van der Waals surface area contributed by atoms with Crippen LogP contribution in [0.4, 0.5) is 5.69 Å². The number of hydrogen-bond donors (Lipinski definition) is 3. The molecule has 2 unspecified atom stereocenters. The minimum Gasteiger partial charge on any atom is -0.391 e. The normalized spacial score (nSPS) is 26.5. The fourth-order valence-corrected chi connectivity index (χ4v) is 4.26. The molecule has 21 heavy (non-hydrogen) atoms. The molecular weight excluding hydrogens is 288 g/mol. The molecule has 1 aromatic carbocycles. The second-order valence-electron chi connectivity index (χ2n) is 5.99. The van der Waals surface area contributed by atoms with Crippen molar-refractivity contribution in [2.45, 2.75) is 61.6 Å². The number of aliphatic hydroxyl groups is 1. The van der Waals surface area contributed by atoms with Gasteiger partial charge in [0.2, 0.25) is 10.0 Å². The summed E-state index contributed by atoms with van der Waals surface area (Å²) < 4.78 is 27.5. The van der Waals surface area contributed by atoms with Gasteiger partial charge in [-0.05, 0) is 37.8 Å². The molecule has 0 saturated heterocycles. The molecule has 2 aliphatic carbocycles. The molecule has 0 radical (unpaired) electrons. The number of para-hydroxylation sites is 1. The van der Waals surface area contributed by atoms with Gasteiger partial charge in [0.1, 0.15) is 4.90 Å². The molecule has 1 aromatic rings. The quantitative estimate of drug-likeness (QED) is 0.775. The highest BCUT2D eigenvalue weighted by atomic mass is 32.2. The lowest BCUT2D eigenvalue weighted by Crippen LogP contribution is -2.37. The molecule has 3 N–H and O–H groups in total. The molecular formula is C15H22N2O3S. The van der Waals surface area contributed by atoms with E-state index in [-0.39, 0.29) is 17.0 Å². The highest BCUT2D eigenvalue weighted by molar-refractivity contribution is 7.89. The van der Waals surface area contributed by atoms with Gasteiger partial charge < -0.3 is 10.4 Å². The summed E-state index contributed by atoms with van der Waals surface area (Å²) in [5.41, 5.74) is 0.580. The zero-order valence-corrected chi connectivity index (χ0v) is 12.8. The average molecular weight is 310 g/mol. The third kappa shape index (κ3) is 3.56. The lowest BCUT2D eigenvalue weighted by atomic mass is 9.92. The molecule has 2 fully saturated rings. The van der Waals surface area contributed by atoms with E-state index in [9.17, 15) is 13.5 Å². The second kappa shape index (κ2) is 5.94. The van der Waals surface area contributed by atoms with Crippen molar-refractivity contribution in [1.29, 1.82) is 0 Å². The molecule has 0 spiro atoms. The van der Waals surface area contributed by atoms with E-state index < -0.39 is 16.1 Å². The van der Waals surface area contributed by atoms with Gasteiger partial charge in [-0.1, -0.05) is 25.0 Å². The molecule has 3 rings (SSSR count). The van der Waals surface area contributed by atoms with Crippen LogP contribution in [-0.4, -0.2) is 31.7 Å². The van der Waals surface area contributed by atoms with Crippen LogP contribution in [0.15, 0.2) is 29.2 Å². The van der Waals surface area contributed by atoms with Crippen LogP contribution in [0.1, 0.15) is 38.5 Å². The first-order valence-corrected chi connectivity index (χ1v) is 9.10. The molecule has 2 aliphatic rings. The molecule has 116 valence electrons. The Balaban J connectivity index is 1.81. The lowest BCUT2D eigenvalue weighted by Gasteiger charge is -2.29. The van der Waals surface area contributed by atoms with E-state index in [1.165, 1.54) is 0 Å². The highest BCUT2D eigenvalue weighted by Crippen LogP contribution is 2.28. The smallest absolute Gasteiger partial charge is 0.242 e. The molecule has 0 bridgehead atoms. The van der Waals surface area contributed by atoms with Gasteiger partial charge in [-0.3, -0.25) is 0 Å². The standard InChI is InChI=1S/C15H22N2O3S/c18-14-7-3-1-5-12(14)16-13-6-2-4-8-15(13)21(19,20)17-11-9-10-11/h2,4,6,8,11-12,14,16-18H,1,3,5,7,9-10H2. The summed E-state index contributed by atoms with van der Waals surface area (Å²) in [5, 5.41) is 13.3. The van der Waals surface area contributed by atoms with E-state index in [0.29, 0.717) is 5.69 Å². The Morgan fingerprint density at radius 1 is 1.05 bits per heavy atom. The zero-order chi connectivity index (χ0) is 14.9. The maximum Gasteiger partial charge on any atom is 0.242 e. The lowest BCUT2D eigenvalue weighted by molar-refractivity contribution is 0.116. The summed E-state index contributed by atoms with van der Waals surface area (Å²) in [6.07, 6.45) is 5.14. The van der Waals surface area contributed by atoms with Crippen LogP contribution >= 0.6 is 0 Å². The first-order valence-electron chi connectivity index (χ1n) is 7.62. The van der Waals surface area contributed by atoms with Crippen molar-refractivity contribution in [3.63, 3.8) is 0 Å². The van der Waals surface area contributed by atoms with Gasteiger partial charge in [0.05, 0.1) is 17.8 Å². The molecule has 0 aliphatic heterocycles. The number of anilines is 1. The van der Waals surface area contributed by atoms with Crippen LogP contribution in [0.25, 0.3) is 0 Å². The summed E-state index contributed by atoms with van der Waals surface area (Å²) in [6, 6.07) is 6.93. The fourth-order valence-electron chi connectivity index (χ4n) is 2.78.